The van der Waals surface area contributed by atoms with Crippen molar-refractivity contribution in [2.75, 3.05) is 44.2 Å². The summed E-state index contributed by atoms with van der Waals surface area (Å²) in [6, 6.07) is 9.80. The zero-order valence-corrected chi connectivity index (χ0v) is 23.0. The summed E-state index contributed by atoms with van der Waals surface area (Å²) in [5, 5.41) is 15.7. The number of carbonyl (C=O) groups is 3. The first-order valence-electron chi connectivity index (χ1n) is 13.6. The summed E-state index contributed by atoms with van der Waals surface area (Å²) < 4.78 is 17.2. The lowest BCUT2D eigenvalue weighted by Crippen LogP contribution is -2.48. The van der Waals surface area contributed by atoms with Crippen molar-refractivity contribution >= 4 is 29.2 Å². The van der Waals surface area contributed by atoms with E-state index in [1.54, 1.807) is 55.3 Å². The van der Waals surface area contributed by atoms with Gasteiger partial charge in [0.1, 0.15) is 11.9 Å². The molecule has 2 aromatic carbocycles. The van der Waals surface area contributed by atoms with Gasteiger partial charge in [-0.15, -0.1) is 0 Å². The lowest BCUT2D eigenvalue weighted by Gasteiger charge is -2.34. The number of rotatable bonds is 7. The van der Waals surface area contributed by atoms with Crippen LogP contribution in [0.25, 0.3) is 0 Å². The normalized spacial score (nSPS) is 20.8. The molecule has 11 heteroatoms. The molecule has 11 nitrogen and oxygen atoms in total. The van der Waals surface area contributed by atoms with Crippen molar-refractivity contribution in [3.8, 4) is 17.2 Å². The number of fused-ring (bicyclic) bond motifs is 2. The van der Waals surface area contributed by atoms with Gasteiger partial charge in [0.25, 0.3) is 0 Å². The van der Waals surface area contributed by atoms with Crippen molar-refractivity contribution in [1.82, 2.24) is 9.80 Å². The summed E-state index contributed by atoms with van der Waals surface area (Å²) in [7, 11) is 1.68. The number of urea groups is 1. The number of amides is 4. The number of nitrogens with zero attached hydrogens (tertiary/aromatic N) is 2. The van der Waals surface area contributed by atoms with Gasteiger partial charge in [0, 0.05) is 48.4 Å². The number of ether oxygens (including phenoxy) is 3. The fraction of sp³-hybridized carbons (Fsp3) is 0.483. The van der Waals surface area contributed by atoms with Crippen LogP contribution in [0.4, 0.5) is 16.2 Å². The van der Waals surface area contributed by atoms with Crippen LogP contribution in [0.3, 0.4) is 0 Å². The molecule has 1 aliphatic carbocycles. The van der Waals surface area contributed by atoms with E-state index in [0.29, 0.717) is 40.7 Å². The molecule has 4 amide bonds. The van der Waals surface area contributed by atoms with Crippen molar-refractivity contribution in [3.05, 3.63) is 42.0 Å². The van der Waals surface area contributed by atoms with E-state index < -0.39 is 6.10 Å². The number of aliphatic hydroxyl groups excluding tert-OH is 1. The Hall–Kier alpha value is -3.99. The Bertz CT molecular complexity index is 1280. The third-order valence-electron chi connectivity index (χ3n) is 7.56. The smallest absolute Gasteiger partial charge is 0.321 e. The van der Waals surface area contributed by atoms with Crippen LogP contribution in [0, 0.1) is 11.8 Å². The minimum absolute atomic E-state index is 0.0209. The summed E-state index contributed by atoms with van der Waals surface area (Å²) in [6.45, 7) is 4.33. The fourth-order valence-corrected chi connectivity index (χ4v) is 4.86. The highest BCUT2D eigenvalue weighted by Gasteiger charge is 2.33. The monoisotopic (exact) mass is 552 g/mol. The van der Waals surface area contributed by atoms with Crippen molar-refractivity contribution in [2.24, 2.45) is 11.8 Å². The van der Waals surface area contributed by atoms with Crippen LogP contribution < -0.4 is 24.8 Å². The first kappa shape index (κ1) is 27.6. The van der Waals surface area contributed by atoms with Crippen LogP contribution in [-0.4, -0.2) is 78.4 Å². The van der Waals surface area contributed by atoms with Gasteiger partial charge in [0.15, 0.2) is 11.5 Å². The summed E-state index contributed by atoms with van der Waals surface area (Å²) in [4.78, 5) is 42.0. The van der Waals surface area contributed by atoms with E-state index in [9.17, 15) is 19.5 Å². The van der Waals surface area contributed by atoms with Gasteiger partial charge in [-0.1, -0.05) is 6.92 Å². The summed E-state index contributed by atoms with van der Waals surface area (Å²) in [5.74, 6) is 1.45. The van der Waals surface area contributed by atoms with Gasteiger partial charge in [0.2, 0.25) is 18.6 Å². The molecule has 0 bridgehead atoms. The Labute approximate surface area is 233 Å². The van der Waals surface area contributed by atoms with E-state index in [2.05, 4.69) is 10.6 Å². The number of likely N-dealkylation sites (N-methyl/N-ethyl adjacent to an activating group) is 1. The average Bonchev–Trinajstić information content (AvgIpc) is 3.68. The molecule has 0 saturated heterocycles. The Balaban J connectivity index is 1.35. The van der Waals surface area contributed by atoms with Crippen molar-refractivity contribution < 1.29 is 33.7 Å². The van der Waals surface area contributed by atoms with Crippen LogP contribution in [0.1, 0.15) is 32.3 Å². The Morgan fingerprint density at radius 1 is 1.07 bits per heavy atom. The maximum absolute atomic E-state index is 13.4. The predicted octanol–water partition coefficient (Wildman–Crippen LogP) is 3.08. The molecule has 2 heterocycles. The third kappa shape index (κ3) is 6.25. The second kappa shape index (κ2) is 11.6. The maximum Gasteiger partial charge on any atom is 0.321 e. The predicted molar refractivity (Wildman–Crippen MR) is 148 cm³/mol. The number of anilines is 2. The van der Waals surface area contributed by atoms with Crippen LogP contribution >= 0.6 is 0 Å². The molecule has 3 atom stereocenters. The highest BCUT2D eigenvalue weighted by molar-refractivity contribution is 5.94. The molecule has 1 fully saturated rings. The molecule has 2 aliphatic heterocycles. The van der Waals surface area contributed by atoms with Gasteiger partial charge in [-0.25, -0.2) is 4.79 Å². The highest BCUT2D eigenvalue weighted by atomic mass is 16.7. The number of hydrogen-bond acceptors (Lipinski definition) is 7. The molecule has 2 aromatic rings. The zero-order chi connectivity index (χ0) is 28.4. The first-order valence-corrected chi connectivity index (χ1v) is 13.6. The van der Waals surface area contributed by atoms with Crippen molar-refractivity contribution in [1.29, 1.82) is 0 Å². The number of nitrogens with one attached hydrogen (secondary N) is 2. The summed E-state index contributed by atoms with van der Waals surface area (Å²) >= 11 is 0. The van der Waals surface area contributed by atoms with Gasteiger partial charge in [-0.05, 0) is 50.1 Å². The molecule has 214 valence electrons. The van der Waals surface area contributed by atoms with Crippen molar-refractivity contribution in [2.45, 2.75) is 45.3 Å². The quantitative estimate of drug-likeness (QED) is 0.481. The average molecular weight is 553 g/mol. The van der Waals surface area contributed by atoms with Gasteiger partial charge < -0.3 is 39.8 Å². The lowest BCUT2D eigenvalue weighted by atomic mass is 10.0. The molecule has 3 N–H and O–H groups in total. The van der Waals surface area contributed by atoms with E-state index in [0.717, 1.165) is 12.8 Å². The van der Waals surface area contributed by atoms with Crippen LogP contribution in [-0.2, 0) is 16.0 Å². The number of aliphatic hydroxyl groups is 1. The Morgan fingerprint density at radius 2 is 1.77 bits per heavy atom. The van der Waals surface area contributed by atoms with Crippen LogP contribution in [0.15, 0.2) is 36.4 Å². The molecule has 0 spiro atoms. The Morgan fingerprint density at radius 3 is 2.50 bits per heavy atom. The second-order valence-electron chi connectivity index (χ2n) is 10.9. The molecule has 0 aromatic heterocycles. The molecule has 40 heavy (non-hydrogen) atoms. The summed E-state index contributed by atoms with van der Waals surface area (Å²) in [6.07, 6.45) is 1.38. The van der Waals surface area contributed by atoms with Crippen LogP contribution in [0.2, 0.25) is 0 Å². The van der Waals surface area contributed by atoms with Gasteiger partial charge in [0.05, 0.1) is 25.6 Å². The van der Waals surface area contributed by atoms with Gasteiger partial charge >= 0.3 is 6.03 Å². The second-order valence-corrected chi connectivity index (χ2v) is 10.9. The van der Waals surface area contributed by atoms with E-state index in [-0.39, 0.29) is 62.1 Å². The van der Waals surface area contributed by atoms with E-state index in [1.165, 1.54) is 4.90 Å². The molecule has 0 radical (unpaired) electrons. The van der Waals surface area contributed by atoms with Crippen LogP contribution in [0.5, 0.6) is 17.2 Å². The molecule has 3 aliphatic rings. The molecule has 5 rings (SSSR count). The molecule has 0 unspecified atom stereocenters. The van der Waals surface area contributed by atoms with E-state index in [1.807, 2.05) is 6.92 Å². The third-order valence-corrected chi connectivity index (χ3v) is 7.56. The zero-order valence-electron chi connectivity index (χ0n) is 23.0. The minimum Gasteiger partial charge on any atom is -0.488 e. The maximum atomic E-state index is 13.4. The van der Waals surface area contributed by atoms with Gasteiger partial charge in [-0.3, -0.25) is 9.59 Å². The number of hydrogen-bond donors (Lipinski definition) is 3. The van der Waals surface area contributed by atoms with Gasteiger partial charge in [-0.2, -0.15) is 0 Å². The Kier molecular flexibility index (Phi) is 8.02. The topological polar surface area (TPSA) is 130 Å². The summed E-state index contributed by atoms with van der Waals surface area (Å²) in [5.41, 5.74) is 1.82. The van der Waals surface area contributed by atoms with E-state index >= 15 is 0 Å². The number of benzene rings is 2. The lowest BCUT2D eigenvalue weighted by molar-refractivity contribution is -0.134. The van der Waals surface area contributed by atoms with E-state index in [4.69, 9.17) is 14.2 Å². The molecule has 1 saturated carbocycles. The SMILES string of the molecule is C[C@H]1CN([C@@H](C)CO)C(=O)Cc2cc(NC(=O)C3CC3)ccc2O[C@@H]1CN(C)C(=O)Nc1ccc2c(c1)OCO2. The first-order chi connectivity index (χ1) is 19.2. The number of carbonyl (C=O) groups excluding carboxylic acids is 3. The largest absolute Gasteiger partial charge is 0.488 e. The fourth-order valence-electron chi connectivity index (χ4n) is 4.86. The standard InChI is InChI=1S/C29H36N4O7/c1-17-13-33(18(2)15-34)27(35)11-20-10-21(30-28(36)19-4-5-19)6-8-23(20)40-26(17)14-32(3)29(37)31-22-7-9-24-25(12-22)39-16-38-24/h6-10,12,17-19,26,34H,4-5,11,13-16H2,1-3H3,(H,30,36)(H,31,37)/t17-,18-,26+/m0/s1. The molecular weight excluding hydrogens is 516 g/mol. The highest BCUT2D eigenvalue weighted by Crippen LogP contribution is 2.35. The molecular formula is C29H36N4O7. The van der Waals surface area contributed by atoms with Crippen molar-refractivity contribution in [3.63, 3.8) is 0 Å². The minimum atomic E-state index is -0.461.